The van der Waals surface area contributed by atoms with Gasteiger partial charge in [0.05, 0.1) is 0 Å². The second kappa shape index (κ2) is 6.90. The molecule has 8 heteroatoms. The molecule has 0 radical (unpaired) electrons. The van der Waals surface area contributed by atoms with E-state index in [0.717, 1.165) is 17.4 Å². The van der Waals surface area contributed by atoms with Gasteiger partial charge in [-0.1, -0.05) is 35.5 Å². The Balaban J connectivity index is 1.42. The Hall–Kier alpha value is -3.94. The SMILES string of the molecule is O=C(Nc1cc(-c2ccccc2)no1)c1ccc2cc3n(c2n1)CCCNC3=O. The summed E-state index contributed by atoms with van der Waals surface area (Å²) in [5.41, 5.74) is 2.94. The maximum Gasteiger partial charge on any atom is 0.276 e. The minimum atomic E-state index is -0.406. The molecule has 3 aromatic heterocycles. The maximum atomic E-state index is 12.7. The van der Waals surface area contributed by atoms with Crippen LogP contribution in [0.4, 0.5) is 5.88 Å². The molecule has 144 valence electrons. The van der Waals surface area contributed by atoms with Gasteiger partial charge in [0, 0.05) is 30.1 Å². The summed E-state index contributed by atoms with van der Waals surface area (Å²) in [6.45, 7) is 1.29. The summed E-state index contributed by atoms with van der Waals surface area (Å²) < 4.78 is 7.09. The summed E-state index contributed by atoms with van der Waals surface area (Å²) in [6.07, 6.45) is 0.806. The van der Waals surface area contributed by atoms with E-state index in [0.29, 0.717) is 30.1 Å². The fourth-order valence-electron chi connectivity index (χ4n) is 3.45. The fraction of sp³-hybridized carbons (Fsp3) is 0.143. The number of hydrogen-bond donors (Lipinski definition) is 2. The topological polar surface area (TPSA) is 102 Å². The lowest BCUT2D eigenvalue weighted by molar-refractivity contribution is 0.0950. The van der Waals surface area contributed by atoms with E-state index < -0.39 is 5.91 Å². The Morgan fingerprint density at radius 2 is 2.00 bits per heavy atom. The molecule has 5 rings (SSSR count). The van der Waals surface area contributed by atoms with Crippen molar-refractivity contribution in [3.05, 3.63) is 66.0 Å². The van der Waals surface area contributed by atoms with Gasteiger partial charge in [-0.15, -0.1) is 0 Å². The molecule has 0 atom stereocenters. The molecule has 0 bridgehead atoms. The number of aryl methyl sites for hydroxylation is 1. The number of anilines is 1. The van der Waals surface area contributed by atoms with Crippen LogP contribution in [0, 0.1) is 0 Å². The standard InChI is InChI=1S/C21H17N5O3/c27-20(24-18-12-16(25-29-18)13-5-2-1-3-6-13)15-8-7-14-11-17-21(28)22-9-4-10-26(17)19(14)23-15/h1-3,5-8,11-12H,4,9-10H2,(H,22,28)(H,24,27). The van der Waals surface area contributed by atoms with Crippen LogP contribution in [0.25, 0.3) is 22.3 Å². The number of aromatic nitrogens is 3. The summed E-state index contributed by atoms with van der Waals surface area (Å²) in [4.78, 5) is 29.4. The zero-order valence-corrected chi connectivity index (χ0v) is 15.4. The minimum Gasteiger partial charge on any atom is -0.351 e. The summed E-state index contributed by atoms with van der Waals surface area (Å²) >= 11 is 0. The Kier molecular flexibility index (Phi) is 4.09. The summed E-state index contributed by atoms with van der Waals surface area (Å²) in [6, 6.07) is 16.4. The number of nitrogens with zero attached hydrogens (tertiary/aromatic N) is 3. The van der Waals surface area contributed by atoms with Gasteiger partial charge in [-0.05, 0) is 24.6 Å². The van der Waals surface area contributed by atoms with Crippen molar-refractivity contribution in [3.63, 3.8) is 0 Å². The first-order chi connectivity index (χ1) is 14.2. The zero-order valence-electron chi connectivity index (χ0n) is 15.4. The first kappa shape index (κ1) is 17.2. The lowest BCUT2D eigenvalue weighted by atomic mass is 10.1. The van der Waals surface area contributed by atoms with Gasteiger partial charge in [0.15, 0.2) is 0 Å². The molecule has 1 aliphatic heterocycles. The second-order valence-corrected chi connectivity index (χ2v) is 6.80. The number of nitrogens with one attached hydrogen (secondary N) is 2. The van der Waals surface area contributed by atoms with Crippen LogP contribution in [-0.2, 0) is 6.54 Å². The third kappa shape index (κ3) is 3.14. The highest BCUT2D eigenvalue weighted by Gasteiger charge is 2.20. The highest BCUT2D eigenvalue weighted by Crippen LogP contribution is 2.23. The van der Waals surface area contributed by atoms with Crippen LogP contribution >= 0.6 is 0 Å². The molecule has 0 unspecified atom stereocenters. The van der Waals surface area contributed by atoms with Crippen LogP contribution in [0.5, 0.6) is 0 Å². The van der Waals surface area contributed by atoms with E-state index in [1.807, 2.05) is 34.9 Å². The number of benzene rings is 1. The molecule has 1 aromatic carbocycles. The number of carbonyl (C=O) groups excluding carboxylic acids is 2. The van der Waals surface area contributed by atoms with Gasteiger partial charge in [0.1, 0.15) is 22.7 Å². The molecule has 4 aromatic rings. The Morgan fingerprint density at radius 1 is 1.14 bits per heavy atom. The third-order valence-corrected chi connectivity index (χ3v) is 4.87. The van der Waals surface area contributed by atoms with Gasteiger partial charge in [-0.2, -0.15) is 0 Å². The molecular weight excluding hydrogens is 370 g/mol. The summed E-state index contributed by atoms with van der Waals surface area (Å²) in [5.74, 6) is -0.290. The fourth-order valence-corrected chi connectivity index (χ4v) is 3.45. The van der Waals surface area contributed by atoms with Gasteiger partial charge >= 0.3 is 0 Å². The van der Waals surface area contributed by atoms with Crippen molar-refractivity contribution in [2.45, 2.75) is 13.0 Å². The predicted octanol–water partition coefficient (Wildman–Crippen LogP) is 3.08. The van der Waals surface area contributed by atoms with Gasteiger partial charge in [-0.25, -0.2) is 4.98 Å². The average molecular weight is 387 g/mol. The quantitative estimate of drug-likeness (QED) is 0.562. The smallest absolute Gasteiger partial charge is 0.276 e. The zero-order chi connectivity index (χ0) is 19.8. The third-order valence-electron chi connectivity index (χ3n) is 4.87. The monoisotopic (exact) mass is 387 g/mol. The average Bonchev–Trinajstić information content (AvgIpc) is 3.31. The van der Waals surface area contributed by atoms with Crippen LogP contribution in [0.2, 0.25) is 0 Å². The van der Waals surface area contributed by atoms with Gasteiger partial charge in [0.25, 0.3) is 11.8 Å². The van der Waals surface area contributed by atoms with E-state index in [2.05, 4.69) is 20.8 Å². The largest absolute Gasteiger partial charge is 0.351 e. The molecule has 4 heterocycles. The Bertz CT molecular complexity index is 1230. The van der Waals surface area contributed by atoms with Crippen LogP contribution in [0.3, 0.4) is 0 Å². The molecule has 0 fully saturated rings. The lowest BCUT2D eigenvalue weighted by Crippen LogP contribution is -2.22. The normalized spacial score (nSPS) is 13.6. The van der Waals surface area contributed by atoms with Crippen molar-refractivity contribution in [1.82, 2.24) is 20.0 Å². The van der Waals surface area contributed by atoms with Gasteiger partial charge < -0.3 is 14.4 Å². The summed E-state index contributed by atoms with van der Waals surface area (Å²) in [5, 5.41) is 10.4. The lowest BCUT2D eigenvalue weighted by Gasteiger charge is -2.05. The van der Waals surface area contributed by atoms with E-state index in [1.165, 1.54) is 0 Å². The highest BCUT2D eigenvalue weighted by atomic mass is 16.5. The van der Waals surface area contributed by atoms with E-state index in [4.69, 9.17) is 4.52 Å². The molecule has 0 spiro atoms. The maximum absolute atomic E-state index is 12.7. The number of fused-ring (bicyclic) bond motifs is 3. The van der Waals surface area contributed by atoms with E-state index in [-0.39, 0.29) is 17.5 Å². The van der Waals surface area contributed by atoms with E-state index >= 15 is 0 Å². The van der Waals surface area contributed by atoms with Crippen LogP contribution in [0.1, 0.15) is 27.4 Å². The molecule has 8 nitrogen and oxygen atoms in total. The van der Waals surface area contributed by atoms with Crippen LogP contribution in [0.15, 0.2) is 59.1 Å². The molecule has 1 aliphatic rings. The number of hydrogen-bond acceptors (Lipinski definition) is 5. The van der Waals surface area contributed by atoms with E-state index in [9.17, 15) is 9.59 Å². The number of carbonyl (C=O) groups is 2. The van der Waals surface area contributed by atoms with Crippen LogP contribution in [-0.4, -0.2) is 33.1 Å². The van der Waals surface area contributed by atoms with Gasteiger partial charge in [0.2, 0.25) is 5.88 Å². The highest BCUT2D eigenvalue weighted by molar-refractivity contribution is 6.04. The Labute approximate surface area is 165 Å². The van der Waals surface area contributed by atoms with Crippen molar-refractivity contribution in [1.29, 1.82) is 0 Å². The molecule has 2 N–H and O–H groups in total. The minimum absolute atomic E-state index is 0.124. The van der Waals surface area contributed by atoms with Crippen molar-refractivity contribution < 1.29 is 14.1 Å². The molecule has 29 heavy (non-hydrogen) atoms. The van der Waals surface area contributed by atoms with Crippen molar-refractivity contribution in [3.8, 4) is 11.3 Å². The number of pyridine rings is 1. The van der Waals surface area contributed by atoms with Crippen molar-refractivity contribution in [2.24, 2.45) is 0 Å². The number of rotatable bonds is 3. The molecule has 0 saturated carbocycles. The molecule has 2 amide bonds. The van der Waals surface area contributed by atoms with Crippen molar-refractivity contribution >= 4 is 28.7 Å². The predicted molar refractivity (Wildman–Crippen MR) is 107 cm³/mol. The molecule has 0 saturated heterocycles. The summed E-state index contributed by atoms with van der Waals surface area (Å²) in [7, 11) is 0. The Morgan fingerprint density at radius 3 is 2.86 bits per heavy atom. The number of amides is 2. The molecular formula is C21H17N5O3. The van der Waals surface area contributed by atoms with Gasteiger partial charge in [-0.3, -0.25) is 14.9 Å². The van der Waals surface area contributed by atoms with Crippen LogP contribution < -0.4 is 10.6 Å². The first-order valence-electron chi connectivity index (χ1n) is 9.31. The second-order valence-electron chi connectivity index (χ2n) is 6.80. The molecule has 0 aliphatic carbocycles. The van der Waals surface area contributed by atoms with Crippen molar-refractivity contribution in [2.75, 3.05) is 11.9 Å². The van der Waals surface area contributed by atoms with E-state index in [1.54, 1.807) is 24.3 Å². The first-order valence-corrected chi connectivity index (χ1v) is 9.31.